The lowest BCUT2D eigenvalue weighted by molar-refractivity contribution is -0.156. The smallest absolute Gasteiger partial charge is 0.319 e. The minimum absolute atomic E-state index is 0.00771. The van der Waals surface area contributed by atoms with E-state index in [1.54, 1.807) is 62.3 Å². The Morgan fingerprint density at radius 3 is 0.824 bits per heavy atom. The number of hydrogen-bond donors (Lipinski definition) is 17. The molecule has 0 heterocycles. The Labute approximate surface area is 858 Å². The average Bonchev–Trinajstić information content (AvgIpc) is 0.847. The van der Waals surface area contributed by atoms with E-state index in [1.807, 2.05) is 170 Å². The Kier molecular flexibility index (Phi) is 67.3. The zero-order valence-corrected chi connectivity index (χ0v) is 96.7. The van der Waals surface area contributed by atoms with Gasteiger partial charge in [0, 0.05) is 161 Å². The minimum Gasteiger partial charge on any atom is -0.387 e. The summed E-state index contributed by atoms with van der Waals surface area (Å²) in [7, 11) is 0. The molecule has 0 fully saturated rings. The standard InChI is InChI=1S/C24H46N4O4.C18H28N2O2.C16H32N2O2.C15H29NO6.C13H25NO4.C13H25NO2.C11H22O/c1-23(2,3)18-20(30)14-11-16-26-21(31)25-15-9-7-8-12-19(29)13-10-17-27-22(32)28-24(4,5)6;1-17(2,3)12-15(21)11-13-7-9-14(10-8-13)19-16(22)20-18(4,5)6;1-15(2,3)12-13(19)10-8-7-9-11-17-14(20)18-16(4,5)6;1-14(2,3)7-8(17)9(18)10(19)11(20)12(21)13(22)16-15(4,5)6;1-12(2,3)7-8(15)9(16)10(17)11(18)14-13(4,5)6;1-12(2,3)9-10(15)7-8-11(16)14-13(4,5)6;1-10(2,3)7-9(12)8-11(4,5)6/h7-18H2,1-6H3,(H2,25,26,31)(H2,27,28,32);7-10H,11-12H2,1-6H3,(H2,19,20,22);7-12H2,1-6H3,(H2,17,18,20);9-12,18-21H,7H2,1-6H3,(H,16,22);9-10,16-17H,7H2,1-6H3,(H,14,18);7-9H2,1-6H3,(H,14,16);7-8H2,1-6H3/t;;;9-,10+,11+,12-;9-,10+;;/m...10../s1. The number of amides is 11. The van der Waals surface area contributed by atoms with Crippen LogP contribution in [0.3, 0.4) is 0 Å². The van der Waals surface area contributed by atoms with E-state index in [0.717, 1.165) is 44.1 Å². The first-order valence-electron chi connectivity index (χ1n) is 50.8. The van der Waals surface area contributed by atoms with Gasteiger partial charge >= 0.3 is 24.1 Å². The van der Waals surface area contributed by atoms with Crippen molar-refractivity contribution in [1.82, 2.24) is 53.2 Å². The topological polar surface area (TPSA) is 510 Å². The van der Waals surface area contributed by atoms with Crippen molar-refractivity contribution >= 4 is 93.8 Å². The molecule has 1 aromatic rings. The van der Waals surface area contributed by atoms with E-state index in [4.69, 9.17) is 0 Å². The van der Waals surface area contributed by atoms with Crippen LogP contribution in [0.1, 0.15) is 438 Å². The number of ketones is 8. The molecule has 0 radical (unpaired) electrons. The lowest BCUT2D eigenvalue weighted by atomic mass is 9.83. The quantitative estimate of drug-likeness (QED) is 0.0270. The SMILES string of the molecule is CC(C)(C)CC(=O)CC(C)(C)C.CC(C)(C)CC(=O)CCC(=O)NC(C)(C)C.CC(C)(C)CC(=O)CCCCCNC(=O)NC(C)(C)C.CC(C)(C)CC(=O)CCCNC(=O)NCCCCCC(=O)CCCNC(=O)NC(C)(C)C.CC(C)(C)CC(=O)Cc1ccc(NC(=O)NC(C)(C)C)cc1.CC(C)(C)CC(=O)[C@@H](O)[C@H](O)[C@H](O)[C@@H](O)C(=O)NC(C)(C)C.CC(C)(C)CC(=O)[C@H](O)[C@@H](O)C(=O)NC(C)(C)C. The van der Waals surface area contributed by atoms with Crippen LogP contribution in [-0.4, -0.2) is 215 Å². The normalized spacial score (nSPS) is 13.5. The number of hydrogen-bond acceptors (Lipinski definition) is 21. The zero-order chi connectivity index (χ0) is 113. The number of carbonyl (C=O) groups is 15. The van der Waals surface area contributed by atoms with Gasteiger partial charge in [0.05, 0.1) is 0 Å². The summed E-state index contributed by atoms with van der Waals surface area (Å²) in [5.41, 5.74) is -0.732. The highest BCUT2D eigenvalue weighted by Gasteiger charge is 2.40. The van der Waals surface area contributed by atoms with Crippen molar-refractivity contribution in [2.24, 2.45) is 43.3 Å². The van der Waals surface area contributed by atoms with Gasteiger partial charge in [-0.1, -0.05) is 191 Å². The van der Waals surface area contributed by atoms with Crippen LogP contribution in [0.2, 0.25) is 0 Å². The molecule has 0 aromatic heterocycles. The van der Waals surface area contributed by atoms with Crippen LogP contribution in [0.25, 0.3) is 0 Å². The summed E-state index contributed by atoms with van der Waals surface area (Å²) in [5.74, 6) is -1.31. The fourth-order valence-corrected chi connectivity index (χ4v) is 12.9. The van der Waals surface area contributed by atoms with Crippen molar-refractivity contribution in [1.29, 1.82) is 0 Å². The molecule has 828 valence electrons. The van der Waals surface area contributed by atoms with E-state index in [-0.39, 0.29) is 126 Å². The van der Waals surface area contributed by atoms with Gasteiger partial charge in [0.1, 0.15) is 59.1 Å². The molecular weight excluding hydrogens is 1810 g/mol. The lowest BCUT2D eigenvalue weighted by Gasteiger charge is -2.29. The number of anilines is 1. The second-order valence-electron chi connectivity index (χ2n) is 53.6. The molecule has 32 nitrogen and oxygen atoms in total. The van der Waals surface area contributed by atoms with E-state index in [2.05, 4.69) is 142 Å². The number of aliphatic hydroxyl groups is 6. The first kappa shape index (κ1) is 145. The van der Waals surface area contributed by atoms with Crippen LogP contribution in [0.5, 0.6) is 0 Å². The summed E-state index contributed by atoms with van der Waals surface area (Å²) in [5, 5.41) is 88.7. The average molecular weight is 2020 g/mol. The summed E-state index contributed by atoms with van der Waals surface area (Å²) in [6.45, 7) is 83.8. The van der Waals surface area contributed by atoms with Crippen LogP contribution < -0.4 is 58.5 Å². The maximum absolute atomic E-state index is 12.0. The van der Waals surface area contributed by atoms with Crippen LogP contribution in [0.4, 0.5) is 24.9 Å². The molecule has 0 unspecified atom stereocenters. The van der Waals surface area contributed by atoms with Crippen molar-refractivity contribution in [3.05, 3.63) is 29.8 Å². The Morgan fingerprint density at radius 1 is 0.232 bits per heavy atom. The Hall–Kier alpha value is -8.17. The van der Waals surface area contributed by atoms with Gasteiger partial charge in [-0.25, -0.2) is 19.2 Å². The van der Waals surface area contributed by atoms with E-state index in [0.29, 0.717) is 140 Å². The van der Waals surface area contributed by atoms with Crippen molar-refractivity contribution in [3.8, 4) is 0 Å². The molecule has 0 aliphatic rings. The van der Waals surface area contributed by atoms with E-state index < -0.39 is 76.5 Å². The maximum Gasteiger partial charge on any atom is 0.319 e. The number of benzene rings is 1. The van der Waals surface area contributed by atoms with Gasteiger partial charge in [0.25, 0.3) is 11.8 Å². The molecule has 0 aliphatic carbocycles. The van der Waals surface area contributed by atoms with Crippen molar-refractivity contribution in [2.75, 3.05) is 31.5 Å². The number of unbranched alkanes of at least 4 members (excludes halogenated alkanes) is 4. The second kappa shape index (κ2) is 66.1. The molecule has 17 N–H and O–H groups in total. The molecule has 6 atom stereocenters. The molecule has 142 heavy (non-hydrogen) atoms. The van der Waals surface area contributed by atoms with Crippen LogP contribution >= 0.6 is 0 Å². The number of carbonyl (C=O) groups excluding carboxylic acids is 15. The predicted octanol–water partition coefficient (Wildman–Crippen LogP) is 18.0. The highest BCUT2D eigenvalue weighted by Crippen LogP contribution is 2.29. The van der Waals surface area contributed by atoms with E-state index in [1.165, 1.54) is 0 Å². The van der Waals surface area contributed by atoms with Crippen LogP contribution in [-0.2, 0) is 59.2 Å². The Bertz CT molecular complexity index is 3680. The number of aliphatic hydroxyl groups excluding tert-OH is 6. The number of Topliss-reactive ketones (excluding diaryl/α,β-unsaturated/α-hetero) is 8. The third-order valence-corrected chi connectivity index (χ3v) is 18.2. The minimum atomic E-state index is -1.97. The third-order valence-electron chi connectivity index (χ3n) is 18.2. The van der Waals surface area contributed by atoms with Gasteiger partial charge in [-0.3, -0.25) is 52.7 Å². The number of nitrogens with one attached hydrogen (secondary N) is 11. The molecule has 0 saturated heterocycles. The zero-order valence-electron chi connectivity index (χ0n) is 96.7. The summed E-state index contributed by atoms with van der Waals surface area (Å²) in [6.07, 6.45) is 2.50. The molecule has 11 amide bonds. The van der Waals surface area contributed by atoms with Crippen LogP contribution in [0, 0.1) is 43.3 Å². The third kappa shape index (κ3) is 102. The van der Waals surface area contributed by atoms with Gasteiger partial charge in [0.2, 0.25) is 5.91 Å². The van der Waals surface area contributed by atoms with Gasteiger partial charge in [-0.15, -0.1) is 0 Å². The van der Waals surface area contributed by atoms with Crippen molar-refractivity contribution in [2.45, 2.75) is 508 Å². The maximum atomic E-state index is 12.0. The molecule has 1 aromatic carbocycles. The molecule has 0 saturated carbocycles. The van der Waals surface area contributed by atoms with Gasteiger partial charge < -0.3 is 89.1 Å². The summed E-state index contributed by atoms with van der Waals surface area (Å²) in [6, 6.07) is 6.62. The molecule has 0 bridgehead atoms. The Morgan fingerprint density at radius 2 is 0.493 bits per heavy atom. The molecule has 0 aliphatic heterocycles. The lowest BCUT2D eigenvalue weighted by Crippen LogP contribution is -2.55. The predicted molar refractivity (Wildman–Crippen MR) is 573 cm³/mol. The fraction of sp³-hybridized carbons (Fsp3) is 0.809. The highest BCUT2D eigenvalue weighted by molar-refractivity contribution is 5.93. The first-order chi connectivity index (χ1) is 63.3. The number of urea groups is 4. The molecular formula is C110H207N11O21. The van der Waals surface area contributed by atoms with Gasteiger partial charge in [-0.05, 0) is 224 Å². The highest BCUT2D eigenvalue weighted by atomic mass is 16.4. The monoisotopic (exact) mass is 2020 g/mol. The van der Waals surface area contributed by atoms with Gasteiger partial charge in [0.15, 0.2) is 23.8 Å². The fourth-order valence-electron chi connectivity index (χ4n) is 12.9. The Balaban J connectivity index is -0.000000386. The molecule has 32 heteroatoms. The van der Waals surface area contributed by atoms with Crippen LogP contribution in [0.15, 0.2) is 24.3 Å². The second-order valence-corrected chi connectivity index (χ2v) is 53.6. The molecule has 0 spiro atoms. The first-order valence-corrected chi connectivity index (χ1v) is 50.8. The van der Waals surface area contributed by atoms with E-state index >= 15 is 0 Å². The molecule has 1 rings (SSSR count). The summed E-state index contributed by atoms with van der Waals surface area (Å²) in [4.78, 5) is 175. The van der Waals surface area contributed by atoms with Crippen molar-refractivity contribution in [3.63, 3.8) is 0 Å². The summed E-state index contributed by atoms with van der Waals surface area (Å²) < 4.78 is 0. The van der Waals surface area contributed by atoms with Crippen molar-refractivity contribution < 1.29 is 103 Å². The summed E-state index contributed by atoms with van der Waals surface area (Å²) >= 11 is 0. The van der Waals surface area contributed by atoms with E-state index in [9.17, 15) is 103 Å². The largest absolute Gasteiger partial charge is 0.387 e. The van der Waals surface area contributed by atoms with Gasteiger partial charge in [-0.2, -0.15) is 0 Å². The number of rotatable bonds is 42.